The fraction of sp³-hybridized carbons (Fsp3) is 0.400. The van der Waals surface area contributed by atoms with Gasteiger partial charge >= 0.3 is 5.97 Å². The molecule has 18 heavy (non-hydrogen) atoms. The van der Waals surface area contributed by atoms with Crippen LogP contribution in [0.2, 0.25) is 0 Å². The number of hydrogen-bond donors (Lipinski definition) is 3. The largest absolute Gasteiger partial charge is 0.480 e. The second-order valence-electron chi connectivity index (χ2n) is 3.47. The van der Waals surface area contributed by atoms with Gasteiger partial charge in [0.2, 0.25) is 0 Å². The smallest absolute Gasteiger partial charge is 0.322 e. The Bertz CT molecular complexity index is 570. The van der Waals surface area contributed by atoms with E-state index in [2.05, 4.69) is 15.9 Å². The summed E-state index contributed by atoms with van der Waals surface area (Å²) in [5.41, 5.74) is 0. The lowest BCUT2D eigenvalue weighted by atomic mass is 10.2. The second kappa shape index (κ2) is 5.66. The Morgan fingerprint density at radius 2 is 2.39 bits per heavy atom. The fourth-order valence-corrected chi connectivity index (χ4v) is 2.34. The van der Waals surface area contributed by atoms with Gasteiger partial charge < -0.3 is 10.1 Å². The highest BCUT2D eigenvalue weighted by Crippen LogP contribution is 2.07. The Kier molecular flexibility index (Phi) is 4.47. The number of aromatic amines is 1. The van der Waals surface area contributed by atoms with Gasteiger partial charge in [-0.25, -0.2) is 13.4 Å². The number of hydrogen-bond acceptors (Lipinski definition) is 4. The molecule has 1 unspecified atom stereocenters. The quantitative estimate of drug-likeness (QED) is 0.616. The number of carboxylic acid groups (broad SMARTS) is 1. The molecule has 1 rings (SSSR count). The minimum atomic E-state index is -3.96. The summed E-state index contributed by atoms with van der Waals surface area (Å²) in [6.07, 6.45) is 6.43. The number of sulfonamides is 1. The molecule has 0 aliphatic carbocycles. The van der Waals surface area contributed by atoms with Crippen molar-refractivity contribution < 1.29 is 18.3 Å². The maximum Gasteiger partial charge on any atom is 0.322 e. The topological polar surface area (TPSA) is 112 Å². The SMILES string of the molecule is C#CCC(NS(=O)(=O)c1cnc(CC)[nH]1)C(=O)O. The third-order valence-corrected chi connectivity index (χ3v) is 3.53. The maximum absolute atomic E-state index is 11.8. The van der Waals surface area contributed by atoms with Gasteiger partial charge in [0.15, 0.2) is 5.03 Å². The summed E-state index contributed by atoms with van der Waals surface area (Å²) in [5, 5.41) is 8.64. The predicted octanol–water partition coefficient (Wildman–Crippen LogP) is -0.273. The van der Waals surface area contributed by atoms with Crippen molar-refractivity contribution in [2.24, 2.45) is 0 Å². The van der Waals surface area contributed by atoms with Gasteiger partial charge in [-0.15, -0.1) is 12.3 Å². The van der Waals surface area contributed by atoms with Crippen LogP contribution in [-0.2, 0) is 21.2 Å². The summed E-state index contributed by atoms with van der Waals surface area (Å²) in [5.74, 6) is 1.28. The highest BCUT2D eigenvalue weighted by Gasteiger charge is 2.25. The average Bonchev–Trinajstić information content (AvgIpc) is 2.77. The van der Waals surface area contributed by atoms with Gasteiger partial charge in [-0.2, -0.15) is 4.72 Å². The molecule has 0 saturated carbocycles. The number of nitrogens with one attached hydrogen (secondary N) is 2. The third kappa shape index (κ3) is 3.32. The minimum absolute atomic E-state index is 0.178. The van der Waals surface area contributed by atoms with Crippen LogP contribution in [0, 0.1) is 12.3 Å². The van der Waals surface area contributed by atoms with Gasteiger partial charge in [-0.05, 0) is 0 Å². The molecule has 1 aromatic heterocycles. The molecule has 0 fully saturated rings. The van der Waals surface area contributed by atoms with Gasteiger partial charge in [-0.1, -0.05) is 6.92 Å². The Morgan fingerprint density at radius 1 is 1.72 bits per heavy atom. The van der Waals surface area contributed by atoms with E-state index in [1.54, 1.807) is 6.92 Å². The average molecular weight is 271 g/mol. The van der Waals surface area contributed by atoms with Crippen molar-refractivity contribution in [1.82, 2.24) is 14.7 Å². The summed E-state index contributed by atoms with van der Waals surface area (Å²) >= 11 is 0. The first-order chi connectivity index (χ1) is 8.40. The molecule has 3 N–H and O–H groups in total. The van der Waals surface area contributed by atoms with Crippen LogP contribution in [0.5, 0.6) is 0 Å². The number of rotatable bonds is 6. The Balaban J connectivity index is 2.93. The molecular formula is C10H13N3O4S. The first-order valence-electron chi connectivity index (χ1n) is 5.13. The number of carbonyl (C=O) groups is 1. The summed E-state index contributed by atoms with van der Waals surface area (Å²) in [6, 6.07) is -1.35. The van der Waals surface area contributed by atoms with Crippen LogP contribution < -0.4 is 4.72 Å². The van der Waals surface area contributed by atoms with Crippen molar-refractivity contribution in [3.05, 3.63) is 12.0 Å². The molecule has 0 aliphatic heterocycles. The zero-order chi connectivity index (χ0) is 13.8. The van der Waals surface area contributed by atoms with Crippen molar-refractivity contribution in [2.75, 3.05) is 0 Å². The lowest BCUT2D eigenvalue weighted by molar-refractivity contribution is -0.138. The lowest BCUT2D eigenvalue weighted by Crippen LogP contribution is -2.40. The van der Waals surface area contributed by atoms with Gasteiger partial charge in [0.1, 0.15) is 11.9 Å². The molecule has 0 aromatic carbocycles. The van der Waals surface area contributed by atoms with Crippen molar-refractivity contribution in [2.45, 2.75) is 30.8 Å². The summed E-state index contributed by atoms with van der Waals surface area (Å²) in [6.45, 7) is 1.81. The minimum Gasteiger partial charge on any atom is -0.480 e. The van der Waals surface area contributed by atoms with Gasteiger partial charge in [0, 0.05) is 12.8 Å². The number of aromatic nitrogens is 2. The van der Waals surface area contributed by atoms with E-state index in [4.69, 9.17) is 11.5 Å². The zero-order valence-electron chi connectivity index (χ0n) is 9.67. The second-order valence-corrected chi connectivity index (χ2v) is 5.15. The molecule has 0 aliphatic rings. The Morgan fingerprint density at radius 3 is 2.83 bits per heavy atom. The van der Waals surface area contributed by atoms with E-state index in [0.29, 0.717) is 12.2 Å². The predicted molar refractivity (Wildman–Crippen MR) is 63.2 cm³/mol. The van der Waals surface area contributed by atoms with Crippen molar-refractivity contribution >= 4 is 16.0 Å². The van der Waals surface area contributed by atoms with E-state index in [9.17, 15) is 13.2 Å². The molecule has 0 spiro atoms. The van der Waals surface area contributed by atoms with Gasteiger partial charge in [-0.3, -0.25) is 4.79 Å². The van der Waals surface area contributed by atoms with Crippen molar-refractivity contribution in [3.8, 4) is 12.3 Å². The molecular weight excluding hydrogens is 258 g/mol. The number of aliphatic carboxylic acids is 1. The maximum atomic E-state index is 11.8. The number of carboxylic acids is 1. The molecule has 98 valence electrons. The Hall–Kier alpha value is -1.85. The van der Waals surface area contributed by atoms with Crippen LogP contribution in [0.25, 0.3) is 0 Å². The summed E-state index contributed by atoms with van der Waals surface area (Å²) in [7, 11) is -3.96. The molecule has 0 amide bonds. The number of H-pyrrole nitrogens is 1. The molecule has 8 heteroatoms. The molecule has 0 saturated heterocycles. The third-order valence-electron chi connectivity index (χ3n) is 2.15. The van der Waals surface area contributed by atoms with E-state index in [1.165, 1.54) is 0 Å². The number of terminal acetylenes is 1. The van der Waals surface area contributed by atoms with Crippen LogP contribution in [0.4, 0.5) is 0 Å². The van der Waals surface area contributed by atoms with Crippen LogP contribution in [0.3, 0.4) is 0 Å². The zero-order valence-corrected chi connectivity index (χ0v) is 10.5. The van der Waals surface area contributed by atoms with Crippen LogP contribution in [0.1, 0.15) is 19.2 Å². The van der Waals surface area contributed by atoms with Crippen LogP contribution >= 0.6 is 0 Å². The number of aryl methyl sites for hydroxylation is 1. The molecule has 1 atom stereocenters. The highest BCUT2D eigenvalue weighted by atomic mass is 32.2. The normalized spacial score (nSPS) is 12.9. The lowest BCUT2D eigenvalue weighted by Gasteiger charge is -2.10. The molecule has 0 radical (unpaired) electrons. The molecule has 7 nitrogen and oxygen atoms in total. The molecule has 0 bridgehead atoms. The van der Waals surface area contributed by atoms with Crippen molar-refractivity contribution in [3.63, 3.8) is 0 Å². The van der Waals surface area contributed by atoms with E-state index in [0.717, 1.165) is 6.20 Å². The van der Waals surface area contributed by atoms with Crippen molar-refractivity contribution in [1.29, 1.82) is 0 Å². The summed E-state index contributed by atoms with van der Waals surface area (Å²) in [4.78, 5) is 17.2. The van der Waals surface area contributed by atoms with E-state index < -0.39 is 22.0 Å². The van der Waals surface area contributed by atoms with Gasteiger partial charge in [0.25, 0.3) is 10.0 Å². The standard InChI is InChI=1S/C10H13N3O4S/c1-3-5-7(10(14)15)13-18(16,17)9-6-11-8(4-2)12-9/h1,6-7,13H,4-5H2,2H3,(H,11,12)(H,14,15). The monoisotopic (exact) mass is 271 g/mol. The number of imidazole rings is 1. The Labute approximate surface area is 105 Å². The van der Waals surface area contributed by atoms with E-state index in [-0.39, 0.29) is 11.4 Å². The highest BCUT2D eigenvalue weighted by molar-refractivity contribution is 7.89. The van der Waals surface area contributed by atoms with Gasteiger partial charge in [0.05, 0.1) is 6.20 Å². The molecule has 1 heterocycles. The first kappa shape index (κ1) is 14.2. The van der Waals surface area contributed by atoms with Crippen LogP contribution in [0.15, 0.2) is 11.2 Å². The summed E-state index contributed by atoms with van der Waals surface area (Å²) < 4.78 is 25.7. The van der Waals surface area contributed by atoms with Crippen LogP contribution in [-0.4, -0.2) is 35.5 Å². The fourth-order valence-electron chi connectivity index (χ4n) is 1.21. The first-order valence-corrected chi connectivity index (χ1v) is 6.61. The number of nitrogens with zero attached hydrogens (tertiary/aromatic N) is 1. The van der Waals surface area contributed by atoms with E-state index >= 15 is 0 Å². The molecule has 1 aromatic rings. The van der Waals surface area contributed by atoms with E-state index in [1.807, 2.05) is 4.72 Å².